The van der Waals surface area contributed by atoms with Crippen molar-refractivity contribution < 1.29 is 18.3 Å². The molecule has 2 nitrogen and oxygen atoms in total. The normalized spacial score (nSPS) is 12.2. The average Bonchev–Trinajstić information content (AvgIpc) is 2.30. The van der Waals surface area contributed by atoms with E-state index in [1.807, 2.05) is 6.92 Å². The number of methoxy groups -OCH3 is 1. The van der Waals surface area contributed by atoms with Crippen molar-refractivity contribution in [3.63, 3.8) is 0 Å². The number of ether oxygens (including phenoxy) is 1. The molecule has 5 heteroatoms. The van der Waals surface area contributed by atoms with Gasteiger partial charge < -0.3 is 4.74 Å². The SMILES string of the molecule is COC(=O)CC(C)SCc1cc(F)ccc1F. The molecule has 0 heterocycles. The average molecular weight is 260 g/mol. The lowest BCUT2D eigenvalue weighted by Gasteiger charge is -2.10. The van der Waals surface area contributed by atoms with Crippen molar-refractivity contribution in [2.75, 3.05) is 7.11 Å². The molecule has 1 unspecified atom stereocenters. The summed E-state index contributed by atoms with van der Waals surface area (Å²) in [7, 11) is 1.33. The summed E-state index contributed by atoms with van der Waals surface area (Å²) in [6.07, 6.45) is 0.262. The molecule has 0 fully saturated rings. The van der Waals surface area contributed by atoms with Crippen LogP contribution in [0.1, 0.15) is 18.9 Å². The first-order valence-electron chi connectivity index (χ1n) is 5.15. The van der Waals surface area contributed by atoms with E-state index >= 15 is 0 Å². The van der Waals surface area contributed by atoms with Crippen LogP contribution in [0.3, 0.4) is 0 Å². The monoisotopic (exact) mass is 260 g/mol. The Morgan fingerprint density at radius 1 is 1.47 bits per heavy atom. The molecule has 0 bridgehead atoms. The second-order valence-corrected chi connectivity index (χ2v) is 5.06. The van der Waals surface area contributed by atoms with E-state index in [1.54, 1.807) is 0 Å². The number of halogens is 2. The molecular formula is C12H14F2O2S. The fourth-order valence-electron chi connectivity index (χ4n) is 1.26. The van der Waals surface area contributed by atoms with Gasteiger partial charge in [-0.25, -0.2) is 8.78 Å². The Bertz CT molecular complexity index is 396. The maximum atomic E-state index is 13.3. The molecule has 1 aromatic rings. The van der Waals surface area contributed by atoms with Crippen LogP contribution >= 0.6 is 11.8 Å². The first kappa shape index (κ1) is 14.0. The maximum absolute atomic E-state index is 13.3. The summed E-state index contributed by atoms with van der Waals surface area (Å²) in [6.45, 7) is 1.85. The van der Waals surface area contributed by atoms with Gasteiger partial charge in [-0.1, -0.05) is 6.92 Å². The van der Waals surface area contributed by atoms with E-state index in [0.29, 0.717) is 11.3 Å². The Morgan fingerprint density at radius 3 is 2.82 bits per heavy atom. The Hall–Kier alpha value is -1.10. The summed E-state index contributed by atoms with van der Waals surface area (Å²) in [5, 5.41) is 0.00474. The highest BCUT2D eigenvalue weighted by molar-refractivity contribution is 7.99. The van der Waals surface area contributed by atoms with Gasteiger partial charge in [-0.15, -0.1) is 0 Å². The van der Waals surface area contributed by atoms with E-state index in [0.717, 1.165) is 12.1 Å². The highest BCUT2D eigenvalue weighted by atomic mass is 32.2. The van der Waals surface area contributed by atoms with Gasteiger partial charge in [0, 0.05) is 16.6 Å². The summed E-state index contributed by atoms with van der Waals surface area (Å²) in [4.78, 5) is 11.0. The van der Waals surface area contributed by atoms with Gasteiger partial charge in [-0.05, 0) is 18.2 Å². The van der Waals surface area contributed by atoms with Gasteiger partial charge in [0.1, 0.15) is 11.6 Å². The van der Waals surface area contributed by atoms with Gasteiger partial charge in [-0.3, -0.25) is 4.79 Å². The van der Waals surface area contributed by atoms with Gasteiger partial charge in [0.25, 0.3) is 0 Å². The molecule has 0 aliphatic carbocycles. The van der Waals surface area contributed by atoms with Gasteiger partial charge in [0.2, 0.25) is 0 Å². The lowest BCUT2D eigenvalue weighted by Crippen LogP contribution is -2.09. The Balaban J connectivity index is 2.49. The number of hydrogen-bond donors (Lipinski definition) is 0. The van der Waals surface area contributed by atoms with E-state index < -0.39 is 11.6 Å². The van der Waals surface area contributed by atoms with Gasteiger partial charge in [0.15, 0.2) is 0 Å². The first-order valence-corrected chi connectivity index (χ1v) is 6.20. The minimum atomic E-state index is -0.456. The van der Waals surface area contributed by atoms with Crippen LogP contribution < -0.4 is 0 Å². The molecule has 0 aliphatic heterocycles. The summed E-state index contributed by atoms with van der Waals surface area (Å²) < 4.78 is 30.7. The molecule has 1 rings (SSSR count). The smallest absolute Gasteiger partial charge is 0.306 e. The van der Waals surface area contributed by atoms with Gasteiger partial charge >= 0.3 is 5.97 Å². The van der Waals surface area contributed by atoms with Crippen molar-refractivity contribution in [1.82, 2.24) is 0 Å². The van der Waals surface area contributed by atoms with Gasteiger partial charge in [0.05, 0.1) is 13.5 Å². The first-order chi connectivity index (χ1) is 8.02. The second kappa shape index (κ2) is 6.59. The molecule has 1 aromatic carbocycles. The minimum absolute atomic E-state index is 0.00474. The fourth-order valence-corrected chi connectivity index (χ4v) is 2.20. The third kappa shape index (κ3) is 4.73. The van der Waals surface area contributed by atoms with Crippen molar-refractivity contribution in [2.24, 2.45) is 0 Å². The zero-order valence-electron chi connectivity index (χ0n) is 9.70. The fraction of sp³-hybridized carbons (Fsp3) is 0.417. The summed E-state index contributed by atoms with van der Waals surface area (Å²) in [6, 6.07) is 3.37. The number of carbonyl (C=O) groups is 1. The van der Waals surface area contributed by atoms with E-state index in [9.17, 15) is 13.6 Å². The summed E-state index contributed by atoms with van der Waals surface area (Å²) in [5.74, 6) is -0.849. The largest absolute Gasteiger partial charge is 0.469 e. The van der Waals surface area contributed by atoms with Crippen LogP contribution in [0.2, 0.25) is 0 Å². The number of esters is 1. The van der Waals surface area contributed by atoms with E-state index in [-0.39, 0.29) is 17.6 Å². The molecule has 0 saturated carbocycles. The standard InChI is InChI=1S/C12H14F2O2S/c1-8(5-12(15)16-2)17-7-9-6-10(13)3-4-11(9)14/h3-4,6,8H,5,7H2,1-2H3. The van der Waals surface area contributed by atoms with Crippen LogP contribution in [0.15, 0.2) is 18.2 Å². The van der Waals surface area contributed by atoms with Crippen molar-refractivity contribution in [1.29, 1.82) is 0 Å². The van der Waals surface area contributed by atoms with Gasteiger partial charge in [-0.2, -0.15) is 11.8 Å². The molecule has 0 saturated heterocycles. The zero-order chi connectivity index (χ0) is 12.8. The molecule has 0 aliphatic rings. The van der Waals surface area contributed by atoms with E-state index in [2.05, 4.69) is 4.74 Å². The lowest BCUT2D eigenvalue weighted by atomic mass is 10.2. The van der Waals surface area contributed by atoms with Crippen molar-refractivity contribution >= 4 is 17.7 Å². The highest BCUT2D eigenvalue weighted by Crippen LogP contribution is 2.22. The Morgan fingerprint density at radius 2 is 2.18 bits per heavy atom. The van der Waals surface area contributed by atoms with Crippen LogP contribution in [0, 0.1) is 11.6 Å². The number of rotatable bonds is 5. The predicted octanol–water partition coefficient (Wildman–Crippen LogP) is 3.15. The molecule has 1 atom stereocenters. The third-order valence-electron chi connectivity index (χ3n) is 2.21. The quantitative estimate of drug-likeness (QED) is 0.761. The highest BCUT2D eigenvalue weighted by Gasteiger charge is 2.11. The van der Waals surface area contributed by atoms with Crippen molar-refractivity contribution in [3.8, 4) is 0 Å². The number of benzene rings is 1. The maximum Gasteiger partial charge on any atom is 0.306 e. The predicted molar refractivity (Wildman–Crippen MR) is 63.7 cm³/mol. The van der Waals surface area contributed by atoms with E-state index in [4.69, 9.17) is 0 Å². The molecule has 0 aromatic heterocycles. The van der Waals surface area contributed by atoms with Crippen LogP contribution in [-0.2, 0) is 15.3 Å². The van der Waals surface area contributed by atoms with Crippen LogP contribution in [0.4, 0.5) is 8.78 Å². The van der Waals surface area contributed by atoms with Crippen LogP contribution in [-0.4, -0.2) is 18.3 Å². The van der Waals surface area contributed by atoms with Crippen molar-refractivity contribution in [3.05, 3.63) is 35.4 Å². The topological polar surface area (TPSA) is 26.3 Å². The second-order valence-electron chi connectivity index (χ2n) is 3.64. The van der Waals surface area contributed by atoms with Crippen LogP contribution in [0.25, 0.3) is 0 Å². The minimum Gasteiger partial charge on any atom is -0.469 e. The van der Waals surface area contributed by atoms with E-state index in [1.165, 1.54) is 24.9 Å². The molecular weight excluding hydrogens is 246 g/mol. The molecule has 0 N–H and O–H groups in total. The number of hydrogen-bond acceptors (Lipinski definition) is 3. The number of thioether (sulfide) groups is 1. The summed E-state index contributed by atoms with van der Waals surface area (Å²) in [5.41, 5.74) is 0.312. The molecule has 0 radical (unpaired) electrons. The zero-order valence-corrected chi connectivity index (χ0v) is 10.5. The van der Waals surface area contributed by atoms with Crippen LogP contribution in [0.5, 0.6) is 0 Å². The lowest BCUT2D eigenvalue weighted by molar-refractivity contribution is -0.140. The Labute approximate surface area is 103 Å². The molecule has 94 valence electrons. The Kier molecular flexibility index (Phi) is 5.41. The number of carbonyl (C=O) groups excluding carboxylic acids is 1. The summed E-state index contributed by atoms with van der Waals surface area (Å²) >= 11 is 1.39. The molecule has 17 heavy (non-hydrogen) atoms. The molecule has 0 spiro atoms. The van der Waals surface area contributed by atoms with Crippen molar-refractivity contribution in [2.45, 2.75) is 24.3 Å². The molecule has 0 amide bonds. The third-order valence-corrected chi connectivity index (χ3v) is 3.43.